The van der Waals surface area contributed by atoms with E-state index < -0.39 is 27.4 Å². The number of hydrazone groups is 1. The number of nitrogens with zero attached hydrogens (tertiary/aromatic N) is 3. The molecular weight excluding hydrogens is 516 g/mol. The third-order valence-electron chi connectivity index (χ3n) is 4.33. The van der Waals surface area contributed by atoms with Crippen molar-refractivity contribution >= 4 is 49.4 Å². The van der Waals surface area contributed by atoms with Crippen LogP contribution in [0, 0.1) is 10.1 Å². The van der Waals surface area contributed by atoms with Gasteiger partial charge in [0.05, 0.1) is 21.7 Å². The Morgan fingerprint density at radius 2 is 1.85 bits per heavy atom. The van der Waals surface area contributed by atoms with Gasteiger partial charge in [0, 0.05) is 22.2 Å². The van der Waals surface area contributed by atoms with Gasteiger partial charge >= 0.3 is 0 Å². The SMILES string of the molecule is O=C(CN(c1cccc(Br)c1)S(=O)(=O)c1ccccc1)N/N=C\c1cc([N+](=O)[O-])ccc1O. The largest absolute Gasteiger partial charge is 0.507 e. The number of nitro groups is 1. The highest BCUT2D eigenvalue weighted by molar-refractivity contribution is 9.10. The minimum Gasteiger partial charge on any atom is -0.507 e. The number of carbonyl (C=O) groups excluding carboxylic acids is 1. The molecule has 3 aromatic carbocycles. The molecule has 0 heterocycles. The minimum atomic E-state index is -4.08. The topological polar surface area (TPSA) is 142 Å². The number of amides is 1. The molecule has 12 heteroatoms. The minimum absolute atomic E-state index is 0.00259. The van der Waals surface area contributed by atoms with Crippen LogP contribution < -0.4 is 9.73 Å². The zero-order valence-electron chi connectivity index (χ0n) is 16.8. The molecule has 0 aliphatic rings. The average molecular weight is 533 g/mol. The van der Waals surface area contributed by atoms with Crippen LogP contribution in [0.3, 0.4) is 0 Å². The highest BCUT2D eigenvalue weighted by Crippen LogP contribution is 2.26. The van der Waals surface area contributed by atoms with E-state index in [1.807, 2.05) is 0 Å². The number of nitro benzene ring substituents is 1. The van der Waals surface area contributed by atoms with Crippen molar-refractivity contribution in [2.45, 2.75) is 4.90 Å². The van der Waals surface area contributed by atoms with E-state index in [2.05, 4.69) is 26.5 Å². The number of nitrogens with one attached hydrogen (secondary N) is 1. The number of non-ortho nitro benzene ring substituents is 1. The summed E-state index contributed by atoms with van der Waals surface area (Å²) in [6.07, 6.45) is 1.02. The van der Waals surface area contributed by atoms with Gasteiger partial charge in [-0.3, -0.25) is 19.2 Å². The maximum Gasteiger partial charge on any atom is 0.270 e. The summed E-state index contributed by atoms with van der Waals surface area (Å²) in [5, 5.41) is 24.4. The fourth-order valence-corrected chi connectivity index (χ4v) is 4.59. The van der Waals surface area contributed by atoms with Crippen LogP contribution in [0.5, 0.6) is 5.75 Å². The van der Waals surface area contributed by atoms with Crippen LogP contribution in [0.1, 0.15) is 5.56 Å². The van der Waals surface area contributed by atoms with E-state index in [0.29, 0.717) is 4.47 Å². The molecule has 0 saturated carbocycles. The Kier molecular flexibility index (Phi) is 7.41. The summed E-state index contributed by atoms with van der Waals surface area (Å²) in [5.41, 5.74) is 2.17. The number of hydrogen-bond donors (Lipinski definition) is 2. The van der Waals surface area contributed by atoms with E-state index in [9.17, 15) is 28.4 Å². The standard InChI is InChI=1S/C21H17BrN4O6S/c22-16-5-4-6-17(12-16)25(33(31,32)19-7-2-1-3-8-19)14-21(28)24-23-13-15-11-18(26(29)30)9-10-20(15)27/h1-13,27H,14H2,(H,24,28)/b23-13-. The zero-order chi connectivity index (χ0) is 24.0. The summed E-state index contributed by atoms with van der Waals surface area (Å²) < 4.78 is 28.0. The molecule has 0 bridgehead atoms. The maximum atomic E-state index is 13.2. The lowest BCUT2D eigenvalue weighted by molar-refractivity contribution is -0.384. The third kappa shape index (κ3) is 5.93. The molecule has 33 heavy (non-hydrogen) atoms. The Morgan fingerprint density at radius 1 is 1.12 bits per heavy atom. The van der Waals surface area contributed by atoms with Gasteiger partial charge in [-0.05, 0) is 36.4 Å². The number of benzene rings is 3. The molecule has 0 aliphatic carbocycles. The summed E-state index contributed by atoms with van der Waals surface area (Å²) in [4.78, 5) is 22.8. The fourth-order valence-electron chi connectivity index (χ4n) is 2.76. The number of phenolic OH excluding ortho intramolecular Hbond substituents is 1. The molecule has 0 aromatic heterocycles. The van der Waals surface area contributed by atoms with Crippen molar-refractivity contribution < 1.29 is 23.2 Å². The molecule has 0 radical (unpaired) electrons. The summed E-state index contributed by atoms with van der Waals surface area (Å²) in [6.45, 7) is -0.591. The molecule has 0 saturated heterocycles. The lowest BCUT2D eigenvalue weighted by Gasteiger charge is -2.23. The Labute approximate surface area is 197 Å². The zero-order valence-corrected chi connectivity index (χ0v) is 19.2. The number of anilines is 1. The molecule has 0 atom stereocenters. The number of halogens is 1. The number of carbonyl (C=O) groups is 1. The smallest absolute Gasteiger partial charge is 0.270 e. The van der Waals surface area contributed by atoms with Crippen molar-refractivity contribution in [1.82, 2.24) is 5.43 Å². The predicted molar refractivity (Wildman–Crippen MR) is 126 cm³/mol. The molecule has 0 fully saturated rings. The van der Waals surface area contributed by atoms with Gasteiger partial charge in [0.25, 0.3) is 21.6 Å². The Morgan fingerprint density at radius 3 is 2.52 bits per heavy atom. The first-order valence-corrected chi connectivity index (χ1v) is 11.5. The number of rotatable bonds is 8. The van der Waals surface area contributed by atoms with E-state index in [4.69, 9.17) is 0 Å². The molecule has 10 nitrogen and oxygen atoms in total. The molecule has 2 N–H and O–H groups in total. The van der Waals surface area contributed by atoms with Crippen LogP contribution in [-0.2, 0) is 14.8 Å². The average Bonchev–Trinajstić information content (AvgIpc) is 2.79. The second-order valence-electron chi connectivity index (χ2n) is 6.60. The monoisotopic (exact) mass is 532 g/mol. The van der Waals surface area contributed by atoms with Crippen LogP contribution >= 0.6 is 15.9 Å². The van der Waals surface area contributed by atoms with Gasteiger partial charge < -0.3 is 5.11 Å². The van der Waals surface area contributed by atoms with Gasteiger partial charge in [-0.15, -0.1) is 0 Å². The molecule has 0 unspecified atom stereocenters. The highest BCUT2D eigenvalue weighted by atomic mass is 79.9. The third-order valence-corrected chi connectivity index (χ3v) is 6.61. The summed E-state index contributed by atoms with van der Waals surface area (Å²) in [7, 11) is -4.08. The van der Waals surface area contributed by atoms with Crippen molar-refractivity contribution in [3.8, 4) is 5.75 Å². The maximum absolute atomic E-state index is 13.2. The van der Waals surface area contributed by atoms with E-state index in [1.54, 1.807) is 42.5 Å². The number of sulfonamides is 1. The van der Waals surface area contributed by atoms with Crippen molar-refractivity contribution in [3.63, 3.8) is 0 Å². The summed E-state index contributed by atoms with van der Waals surface area (Å²) in [6, 6.07) is 17.4. The predicted octanol–water partition coefficient (Wildman–Crippen LogP) is 3.41. The van der Waals surface area contributed by atoms with Gasteiger partial charge in [0.2, 0.25) is 0 Å². The van der Waals surface area contributed by atoms with Crippen LogP contribution in [0.25, 0.3) is 0 Å². The normalized spacial score (nSPS) is 11.3. The van der Waals surface area contributed by atoms with E-state index in [1.165, 1.54) is 12.1 Å². The number of phenols is 1. The van der Waals surface area contributed by atoms with Crippen molar-refractivity contribution in [3.05, 3.63) is 92.9 Å². The first-order chi connectivity index (χ1) is 15.7. The van der Waals surface area contributed by atoms with Crippen LogP contribution in [-0.4, -0.2) is 37.1 Å². The van der Waals surface area contributed by atoms with Gasteiger partial charge in [0.1, 0.15) is 12.3 Å². The summed E-state index contributed by atoms with van der Waals surface area (Å²) >= 11 is 3.29. The van der Waals surface area contributed by atoms with Crippen LogP contribution in [0.2, 0.25) is 0 Å². The highest BCUT2D eigenvalue weighted by Gasteiger charge is 2.27. The van der Waals surface area contributed by atoms with Gasteiger partial charge in [0.15, 0.2) is 0 Å². The Balaban J connectivity index is 1.83. The molecule has 0 spiro atoms. The molecule has 3 rings (SSSR count). The van der Waals surface area contributed by atoms with Crippen LogP contribution in [0.15, 0.2) is 87.3 Å². The number of aromatic hydroxyl groups is 1. The molecular formula is C21H17BrN4O6S. The van der Waals surface area contributed by atoms with Gasteiger partial charge in [-0.2, -0.15) is 5.10 Å². The van der Waals surface area contributed by atoms with Crippen LogP contribution in [0.4, 0.5) is 11.4 Å². The molecule has 3 aromatic rings. The first kappa shape index (κ1) is 23.9. The fraction of sp³-hybridized carbons (Fsp3) is 0.0476. The van der Waals surface area contributed by atoms with E-state index in [0.717, 1.165) is 28.7 Å². The lowest BCUT2D eigenvalue weighted by atomic mass is 10.2. The van der Waals surface area contributed by atoms with E-state index in [-0.39, 0.29) is 27.6 Å². The molecule has 0 aliphatic heterocycles. The molecule has 1 amide bonds. The number of hydrogen-bond acceptors (Lipinski definition) is 7. The quantitative estimate of drug-likeness (QED) is 0.258. The van der Waals surface area contributed by atoms with Crippen molar-refractivity contribution in [1.29, 1.82) is 0 Å². The second kappa shape index (κ2) is 10.2. The van der Waals surface area contributed by atoms with Crippen molar-refractivity contribution in [2.75, 3.05) is 10.8 Å². The van der Waals surface area contributed by atoms with Gasteiger partial charge in [-0.25, -0.2) is 13.8 Å². The summed E-state index contributed by atoms with van der Waals surface area (Å²) in [5.74, 6) is -1.04. The van der Waals surface area contributed by atoms with Crippen molar-refractivity contribution in [2.24, 2.45) is 5.10 Å². The Bertz CT molecular complexity index is 1320. The second-order valence-corrected chi connectivity index (χ2v) is 9.38. The van der Waals surface area contributed by atoms with E-state index >= 15 is 0 Å². The Hall–Kier alpha value is -3.77. The lowest BCUT2D eigenvalue weighted by Crippen LogP contribution is -2.39. The van der Waals surface area contributed by atoms with Gasteiger partial charge in [-0.1, -0.05) is 40.2 Å². The molecule has 170 valence electrons. The first-order valence-electron chi connectivity index (χ1n) is 9.31.